The van der Waals surface area contributed by atoms with Gasteiger partial charge in [0, 0.05) is 0 Å². The summed E-state index contributed by atoms with van der Waals surface area (Å²) in [5.41, 5.74) is 0.213. The molecule has 0 bridgehead atoms. The third-order valence-electron chi connectivity index (χ3n) is 1.87. The van der Waals surface area contributed by atoms with Crippen LogP contribution < -0.4 is 4.74 Å². The minimum Gasteiger partial charge on any atom is -0.516 e. The van der Waals surface area contributed by atoms with E-state index in [1.165, 1.54) is 13.2 Å². The highest BCUT2D eigenvalue weighted by molar-refractivity contribution is 6.71. The van der Waals surface area contributed by atoms with Crippen molar-refractivity contribution >= 4 is 20.4 Å². The molecule has 0 N–H and O–H groups in total. The molecule has 0 aliphatic heterocycles. The first-order valence-electron chi connectivity index (χ1n) is 5.41. The molecule has 1 rings (SSSR count). The summed E-state index contributed by atoms with van der Waals surface area (Å²) >= 11 is 0. The molecule has 0 saturated heterocycles. The van der Waals surface area contributed by atoms with Crippen molar-refractivity contribution in [3.05, 3.63) is 29.8 Å². The fourth-order valence-electron chi connectivity index (χ4n) is 1.19. The lowest BCUT2D eigenvalue weighted by molar-refractivity contribution is 0.0719. The van der Waals surface area contributed by atoms with Crippen LogP contribution in [0.2, 0.25) is 19.6 Å². The molecule has 0 fully saturated rings. The van der Waals surface area contributed by atoms with Crippen LogP contribution in [-0.2, 0) is 9.16 Å². The van der Waals surface area contributed by atoms with Gasteiger partial charge in [0.2, 0.25) is 8.32 Å². The average Bonchev–Trinajstić information content (AvgIpc) is 2.27. The van der Waals surface area contributed by atoms with E-state index in [4.69, 9.17) is 9.16 Å². The molecule has 5 nitrogen and oxygen atoms in total. The highest BCUT2D eigenvalue weighted by Gasteiger charge is 2.23. The lowest BCUT2D eigenvalue weighted by Gasteiger charge is -2.18. The van der Waals surface area contributed by atoms with Crippen molar-refractivity contribution in [2.24, 2.45) is 0 Å². The molecule has 0 heterocycles. The van der Waals surface area contributed by atoms with Gasteiger partial charge in [-0.2, -0.15) is 0 Å². The van der Waals surface area contributed by atoms with Gasteiger partial charge in [0.25, 0.3) is 0 Å². The van der Waals surface area contributed by atoms with Crippen LogP contribution in [0.25, 0.3) is 0 Å². The van der Waals surface area contributed by atoms with Gasteiger partial charge < -0.3 is 13.9 Å². The Morgan fingerprint density at radius 2 is 1.72 bits per heavy atom. The zero-order valence-corrected chi connectivity index (χ0v) is 11.9. The zero-order chi connectivity index (χ0) is 13.8. The Hall–Kier alpha value is -1.82. The van der Waals surface area contributed by atoms with Gasteiger partial charge in [0.05, 0.1) is 7.11 Å². The van der Waals surface area contributed by atoms with Gasteiger partial charge in [-0.25, -0.2) is 9.59 Å². The van der Waals surface area contributed by atoms with Crippen molar-refractivity contribution in [1.29, 1.82) is 0 Å². The fourth-order valence-corrected chi connectivity index (χ4v) is 1.85. The predicted octanol–water partition coefficient (Wildman–Crippen LogP) is 2.82. The lowest BCUT2D eigenvalue weighted by Crippen LogP contribution is -2.29. The van der Waals surface area contributed by atoms with E-state index in [1.807, 2.05) is 19.6 Å². The maximum Gasteiger partial charge on any atom is 0.513 e. The normalized spacial score (nSPS) is 10.7. The standard InChI is InChI=1S/C12H16O5Si/c1-15-12(14)16-10-8-6-5-7-9(10)11(13)17-18(2,3)4/h5-8H,1-4H3. The molecule has 1 aromatic rings. The van der Waals surface area contributed by atoms with Gasteiger partial charge in [0.15, 0.2) is 0 Å². The highest BCUT2D eigenvalue weighted by Crippen LogP contribution is 2.21. The number of carbonyl (C=O) groups excluding carboxylic acids is 2. The fraction of sp³-hybridized carbons (Fsp3) is 0.333. The number of ether oxygens (including phenoxy) is 2. The number of carbonyl (C=O) groups is 2. The third kappa shape index (κ3) is 4.21. The summed E-state index contributed by atoms with van der Waals surface area (Å²) < 4.78 is 14.6. The first kappa shape index (κ1) is 14.2. The van der Waals surface area contributed by atoms with Crippen LogP contribution in [0.3, 0.4) is 0 Å². The molecular formula is C12H16O5Si. The van der Waals surface area contributed by atoms with Crippen LogP contribution in [0.5, 0.6) is 5.75 Å². The van der Waals surface area contributed by atoms with E-state index in [2.05, 4.69) is 4.74 Å². The van der Waals surface area contributed by atoms with Gasteiger partial charge in [-0.05, 0) is 31.8 Å². The van der Waals surface area contributed by atoms with Crippen molar-refractivity contribution in [3.63, 3.8) is 0 Å². The van der Waals surface area contributed by atoms with Gasteiger partial charge >= 0.3 is 12.1 Å². The SMILES string of the molecule is COC(=O)Oc1ccccc1C(=O)O[Si](C)(C)C. The van der Waals surface area contributed by atoms with E-state index in [0.717, 1.165) is 0 Å². The molecule has 0 spiro atoms. The van der Waals surface area contributed by atoms with Crippen molar-refractivity contribution in [2.75, 3.05) is 7.11 Å². The van der Waals surface area contributed by atoms with Crippen molar-refractivity contribution < 1.29 is 23.5 Å². The summed E-state index contributed by atoms with van der Waals surface area (Å²) in [5, 5.41) is 0. The molecule has 0 atom stereocenters. The van der Waals surface area contributed by atoms with Crippen molar-refractivity contribution in [2.45, 2.75) is 19.6 Å². The molecule has 0 unspecified atom stereocenters. The molecule has 0 radical (unpaired) electrons. The molecule has 0 aliphatic carbocycles. The lowest BCUT2D eigenvalue weighted by atomic mass is 10.2. The van der Waals surface area contributed by atoms with Crippen molar-refractivity contribution in [3.8, 4) is 5.75 Å². The van der Waals surface area contributed by atoms with E-state index in [0.29, 0.717) is 0 Å². The van der Waals surface area contributed by atoms with Crippen molar-refractivity contribution in [1.82, 2.24) is 0 Å². The maximum absolute atomic E-state index is 11.9. The minimum atomic E-state index is -2.00. The largest absolute Gasteiger partial charge is 0.516 e. The Kier molecular flexibility index (Phi) is 4.49. The topological polar surface area (TPSA) is 61.8 Å². The summed E-state index contributed by atoms with van der Waals surface area (Å²) in [6.45, 7) is 5.69. The van der Waals surface area contributed by atoms with Crippen LogP contribution in [-0.4, -0.2) is 27.6 Å². The van der Waals surface area contributed by atoms with Gasteiger partial charge in [-0.3, -0.25) is 0 Å². The van der Waals surface area contributed by atoms with Gasteiger partial charge in [-0.1, -0.05) is 12.1 Å². The summed E-state index contributed by atoms with van der Waals surface area (Å²) in [6, 6.07) is 6.38. The smallest absolute Gasteiger partial charge is 0.513 e. The summed E-state index contributed by atoms with van der Waals surface area (Å²) in [7, 11) is -0.796. The molecular weight excluding hydrogens is 252 g/mol. The summed E-state index contributed by atoms with van der Waals surface area (Å²) in [4.78, 5) is 23.0. The molecule has 0 amide bonds. The first-order valence-corrected chi connectivity index (χ1v) is 8.82. The maximum atomic E-state index is 11.9. The number of benzene rings is 1. The second-order valence-corrected chi connectivity index (χ2v) is 8.98. The summed E-state index contributed by atoms with van der Waals surface area (Å²) in [5.74, 6) is -0.360. The Bertz CT molecular complexity index is 450. The Morgan fingerprint density at radius 1 is 1.11 bits per heavy atom. The second kappa shape index (κ2) is 5.68. The molecule has 0 aliphatic rings. The molecule has 98 valence electrons. The van der Waals surface area contributed by atoms with E-state index >= 15 is 0 Å². The van der Waals surface area contributed by atoms with Gasteiger partial charge in [0.1, 0.15) is 11.3 Å². The number of para-hydroxylation sites is 1. The van der Waals surface area contributed by atoms with Crippen LogP contribution in [0.1, 0.15) is 10.4 Å². The van der Waals surface area contributed by atoms with E-state index in [-0.39, 0.29) is 11.3 Å². The Morgan fingerprint density at radius 3 is 2.28 bits per heavy atom. The molecule has 1 aromatic carbocycles. The number of rotatable bonds is 3. The average molecular weight is 268 g/mol. The Labute approximate surface area is 107 Å². The number of hydrogen-bond acceptors (Lipinski definition) is 5. The van der Waals surface area contributed by atoms with Crippen LogP contribution in [0.15, 0.2) is 24.3 Å². The Balaban J connectivity index is 2.94. The third-order valence-corrected chi connectivity index (χ3v) is 2.66. The monoisotopic (exact) mass is 268 g/mol. The highest BCUT2D eigenvalue weighted by atomic mass is 28.4. The predicted molar refractivity (Wildman–Crippen MR) is 68.2 cm³/mol. The van der Waals surface area contributed by atoms with E-state index in [9.17, 15) is 9.59 Å². The molecule has 6 heteroatoms. The zero-order valence-electron chi connectivity index (χ0n) is 10.9. The molecule has 0 saturated carbocycles. The molecule has 0 aromatic heterocycles. The van der Waals surface area contributed by atoms with Crippen LogP contribution >= 0.6 is 0 Å². The minimum absolute atomic E-state index is 0.132. The quantitative estimate of drug-likeness (QED) is 0.479. The van der Waals surface area contributed by atoms with Crippen LogP contribution in [0, 0.1) is 0 Å². The van der Waals surface area contributed by atoms with E-state index in [1.54, 1.807) is 18.2 Å². The van der Waals surface area contributed by atoms with E-state index < -0.39 is 20.4 Å². The molecule has 18 heavy (non-hydrogen) atoms. The number of methoxy groups -OCH3 is 1. The first-order chi connectivity index (χ1) is 8.33. The second-order valence-electron chi connectivity index (χ2n) is 4.55. The van der Waals surface area contributed by atoms with Gasteiger partial charge in [-0.15, -0.1) is 0 Å². The summed E-state index contributed by atoms with van der Waals surface area (Å²) in [6.07, 6.45) is -0.872. The van der Waals surface area contributed by atoms with Crippen LogP contribution in [0.4, 0.5) is 4.79 Å². The number of hydrogen-bond donors (Lipinski definition) is 0.